The molecule has 1 heterocycles. The molecule has 0 bridgehead atoms. The lowest BCUT2D eigenvalue weighted by atomic mass is 10.1. The molecule has 0 radical (unpaired) electrons. The minimum Gasteiger partial charge on any atom is -0.480 e. The lowest BCUT2D eigenvalue weighted by molar-refractivity contribution is -0.138. The second-order valence-corrected chi connectivity index (χ2v) is 8.79. The average Bonchev–Trinajstić information content (AvgIpc) is 3.07. The van der Waals surface area contributed by atoms with Crippen molar-refractivity contribution in [2.24, 2.45) is 0 Å². The van der Waals surface area contributed by atoms with E-state index in [0.29, 0.717) is 16.6 Å². The molecule has 0 aliphatic carbocycles. The fraction of sp³-hybridized carbons (Fsp3) is 0.190. The van der Waals surface area contributed by atoms with E-state index in [1.165, 1.54) is 6.07 Å². The summed E-state index contributed by atoms with van der Waals surface area (Å²) in [6.45, 7) is 0. The topological polar surface area (TPSA) is 77.9 Å². The van der Waals surface area contributed by atoms with Gasteiger partial charge in [0.05, 0.1) is 10.6 Å². The molecule has 3 aromatic carbocycles. The van der Waals surface area contributed by atoms with Crippen LogP contribution in [0.15, 0.2) is 65.6 Å². The fourth-order valence-electron chi connectivity index (χ4n) is 3.83. The van der Waals surface area contributed by atoms with Gasteiger partial charge in [-0.1, -0.05) is 42.5 Å². The number of aliphatic carboxylic acids is 1. The van der Waals surface area contributed by atoms with E-state index in [0.717, 1.165) is 15.4 Å². The number of fused-ring (bicyclic) bond motifs is 2. The Morgan fingerprint density at radius 1 is 1.00 bits per heavy atom. The van der Waals surface area contributed by atoms with E-state index in [-0.39, 0.29) is 11.3 Å². The molecule has 4 rings (SSSR count). The fourth-order valence-corrected chi connectivity index (χ4v) is 5.68. The largest absolute Gasteiger partial charge is 0.480 e. The Bertz CT molecular complexity index is 1190. The highest BCUT2D eigenvalue weighted by atomic mass is 32.2. The third-order valence-electron chi connectivity index (χ3n) is 5.09. The van der Waals surface area contributed by atoms with Crippen molar-refractivity contribution in [3.05, 3.63) is 66.2 Å². The van der Waals surface area contributed by atoms with Crippen molar-refractivity contribution in [1.82, 2.24) is 0 Å². The Morgan fingerprint density at radius 2 is 1.68 bits per heavy atom. The molecule has 1 atom stereocenters. The number of hydrogen-bond donors (Lipinski definition) is 1. The van der Waals surface area contributed by atoms with Gasteiger partial charge in [0, 0.05) is 37.0 Å². The van der Waals surface area contributed by atoms with Crippen LogP contribution in [0.25, 0.3) is 10.8 Å². The van der Waals surface area contributed by atoms with Crippen LogP contribution in [0, 0.1) is 0 Å². The summed E-state index contributed by atoms with van der Waals surface area (Å²) in [7, 11) is -0.289. The predicted molar refractivity (Wildman–Crippen MR) is 110 cm³/mol. The van der Waals surface area contributed by atoms with Crippen LogP contribution < -0.4 is 9.21 Å². The number of rotatable bonds is 4. The number of carboxylic acids is 1. The molecule has 0 amide bonds. The second kappa shape index (κ2) is 6.53. The molecule has 7 heteroatoms. The van der Waals surface area contributed by atoms with E-state index in [9.17, 15) is 18.3 Å². The lowest BCUT2D eigenvalue weighted by Crippen LogP contribution is -2.42. The van der Waals surface area contributed by atoms with Crippen LogP contribution in [0.5, 0.6) is 0 Å². The van der Waals surface area contributed by atoms with Crippen LogP contribution >= 0.6 is 0 Å². The first-order valence-electron chi connectivity index (χ1n) is 8.86. The Labute approximate surface area is 163 Å². The zero-order valence-corrected chi connectivity index (χ0v) is 16.3. The minimum atomic E-state index is -4.08. The maximum atomic E-state index is 13.7. The molecular weight excluding hydrogens is 376 g/mol. The summed E-state index contributed by atoms with van der Waals surface area (Å²) in [6, 6.07) is 16.4. The third kappa shape index (κ3) is 2.70. The molecular formula is C21H20N2O4S. The number of anilines is 2. The molecule has 0 saturated heterocycles. The van der Waals surface area contributed by atoms with Gasteiger partial charge in [-0.2, -0.15) is 0 Å². The molecule has 0 aromatic heterocycles. The highest BCUT2D eigenvalue weighted by Crippen LogP contribution is 2.39. The molecule has 0 saturated carbocycles. The maximum Gasteiger partial charge on any atom is 0.327 e. The van der Waals surface area contributed by atoms with Gasteiger partial charge in [-0.05, 0) is 23.8 Å². The van der Waals surface area contributed by atoms with Crippen molar-refractivity contribution in [3.63, 3.8) is 0 Å². The van der Waals surface area contributed by atoms with Gasteiger partial charge in [0.2, 0.25) is 0 Å². The van der Waals surface area contributed by atoms with E-state index in [1.54, 1.807) is 36.4 Å². The average molecular weight is 396 g/mol. The highest BCUT2D eigenvalue weighted by molar-refractivity contribution is 7.93. The first-order chi connectivity index (χ1) is 13.3. The van der Waals surface area contributed by atoms with E-state index in [4.69, 9.17) is 0 Å². The van der Waals surface area contributed by atoms with Gasteiger partial charge in [0.25, 0.3) is 10.0 Å². The Morgan fingerprint density at radius 3 is 2.39 bits per heavy atom. The second-order valence-electron chi connectivity index (χ2n) is 7.01. The van der Waals surface area contributed by atoms with Crippen molar-refractivity contribution in [2.45, 2.75) is 17.4 Å². The van der Waals surface area contributed by atoms with Gasteiger partial charge >= 0.3 is 5.97 Å². The van der Waals surface area contributed by atoms with Gasteiger partial charge in [-0.15, -0.1) is 0 Å². The van der Waals surface area contributed by atoms with Crippen molar-refractivity contribution in [3.8, 4) is 0 Å². The number of carbonyl (C=O) groups is 1. The van der Waals surface area contributed by atoms with Crippen LogP contribution in [0.2, 0.25) is 0 Å². The maximum absolute atomic E-state index is 13.7. The predicted octanol–water partition coefficient (Wildman–Crippen LogP) is 3.11. The minimum absolute atomic E-state index is 0.108. The molecule has 0 unspecified atom stereocenters. The van der Waals surface area contributed by atoms with Gasteiger partial charge in [-0.3, -0.25) is 4.31 Å². The van der Waals surface area contributed by atoms with E-state index < -0.39 is 22.0 Å². The zero-order chi connectivity index (χ0) is 20.1. The third-order valence-corrected chi connectivity index (χ3v) is 6.97. The first kappa shape index (κ1) is 18.3. The molecule has 0 fully saturated rings. The Hall–Kier alpha value is -3.06. The van der Waals surface area contributed by atoms with E-state index >= 15 is 0 Å². The summed E-state index contributed by atoms with van der Waals surface area (Å²) < 4.78 is 28.4. The van der Waals surface area contributed by atoms with Crippen molar-refractivity contribution in [2.75, 3.05) is 23.3 Å². The summed E-state index contributed by atoms with van der Waals surface area (Å²) in [5.41, 5.74) is 2.04. The van der Waals surface area contributed by atoms with Gasteiger partial charge in [0.1, 0.15) is 6.04 Å². The van der Waals surface area contributed by atoms with Gasteiger partial charge in [0.15, 0.2) is 0 Å². The van der Waals surface area contributed by atoms with Crippen molar-refractivity contribution >= 4 is 38.1 Å². The summed E-state index contributed by atoms with van der Waals surface area (Å²) in [4.78, 5) is 13.9. The molecule has 144 valence electrons. The SMILES string of the molecule is CN(C)c1cccc2c(S(=O)(=O)N3c4ccccc4C[C@H]3C(=O)O)cccc12. The van der Waals surface area contributed by atoms with Crippen LogP contribution in [0.3, 0.4) is 0 Å². The van der Waals surface area contributed by atoms with Gasteiger partial charge < -0.3 is 10.0 Å². The molecule has 0 spiro atoms. The smallest absolute Gasteiger partial charge is 0.327 e. The summed E-state index contributed by atoms with van der Waals surface area (Å²) in [5.74, 6) is -1.16. The molecule has 6 nitrogen and oxygen atoms in total. The lowest BCUT2D eigenvalue weighted by Gasteiger charge is -2.25. The van der Waals surface area contributed by atoms with Crippen molar-refractivity contribution in [1.29, 1.82) is 0 Å². The van der Waals surface area contributed by atoms with Crippen molar-refractivity contribution < 1.29 is 18.3 Å². The summed E-state index contributed by atoms with van der Waals surface area (Å²) >= 11 is 0. The molecule has 1 aliphatic heterocycles. The molecule has 1 aliphatic rings. The number of sulfonamides is 1. The quantitative estimate of drug-likeness (QED) is 0.733. The molecule has 3 aromatic rings. The van der Waals surface area contributed by atoms with E-state index in [1.807, 2.05) is 37.2 Å². The number of carboxylic acid groups (broad SMARTS) is 1. The summed E-state index contributed by atoms with van der Waals surface area (Å²) in [5, 5.41) is 11.1. The van der Waals surface area contributed by atoms with Crippen LogP contribution in [-0.4, -0.2) is 39.6 Å². The van der Waals surface area contributed by atoms with Crippen LogP contribution in [0.1, 0.15) is 5.56 Å². The number of para-hydroxylation sites is 1. The van der Waals surface area contributed by atoms with Gasteiger partial charge in [-0.25, -0.2) is 13.2 Å². The number of hydrogen-bond acceptors (Lipinski definition) is 4. The van der Waals surface area contributed by atoms with Crippen LogP contribution in [-0.2, 0) is 21.2 Å². The summed E-state index contributed by atoms with van der Waals surface area (Å²) in [6.07, 6.45) is 0.151. The monoisotopic (exact) mass is 396 g/mol. The molecule has 1 N–H and O–H groups in total. The van der Waals surface area contributed by atoms with E-state index in [2.05, 4.69) is 0 Å². The number of nitrogens with zero attached hydrogens (tertiary/aromatic N) is 2. The standard InChI is InChI=1S/C21H20N2O4S/c1-22(2)18-11-5-9-16-15(18)8-6-12-20(16)28(26,27)23-17-10-4-3-7-14(17)13-19(23)21(24)25/h3-12,19H,13H2,1-2H3,(H,24,25)/t19-/m0/s1. The normalized spacial score (nSPS) is 16.2. The Balaban J connectivity index is 1.96. The highest BCUT2D eigenvalue weighted by Gasteiger charge is 2.42. The molecule has 28 heavy (non-hydrogen) atoms. The first-order valence-corrected chi connectivity index (χ1v) is 10.3. The zero-order valence-electron chi connectivity index (χ0n) is 15.5. The number of benzene rings is 3. The Kier molecular flexibility index (Phi) is 4.27. The van der Waals surface area contributed by atoms with Crippen LogP contribution in [0.4, 0.5) is 11.4 Å².